The van der Waals surface area contributed by atoms with Crippen LogP contribution in [0, 0.1) is 0 Å². The lowest BCUT2D eigenvalue weighted by atomic mass is 10.4. The Morgan fingerprint density at radius 3 is 2.60 bits per heavy atom. The number of hydrogen-bond acceptors (Lipinski definition) is 2. The molecule has 1 aromatic rings. The van der Waals surface area contributed by atoms with Crippen LogP contribution in [0.25, 0.3) is 0 Å². The standard InChI is InChI=1S/C7H6BrF3N2O2/c8-5-4(6(14)15)3-12-13(5)2-1-7(9,10)11/h3H,1-2H2,(H,14,15). The molecule has 0 bridgehead atoms. The van der Waals surface area contributed by atoms with Gasteiger partial charge in [0.05, 0.1) is 19.2 Å². The second-order valence-corrected chi connectivity index (χ2v) is 3.49. The molecule has 1 rings (SSSR count). The lowest BCUT2D eigenvalue weighted by Gasteiger charge is -2.06. The SMILES string of the molecule is O=C(O)c1cnn(CCC(F)(F)F)c1Br. The first-order valence-electron chi connectivity index (χ1n) is 3.82. The lowest BCUT2D eigenvalue weighted by molar-refractivity contribution is -0.137. The van der Waals surface area contributed by atoms with E-state index in [0.29, 0.717) is 0 Å². The summed E-state index contributed by atoms with van der Waals surface area (Å²) in [5.41, 5.74) is -0.155. The largest absolute Gasteiger partial charge is 0.478 e. The van der Waals surface area contributed by atoms with Crippen LogP contribution >= 0.6 is 15.9 Å². The van der Waals surface area contributed by atoms with E-state index in [0.717, 1.165) is 10.9 Å². The van der Waals surface area contributed by atoms with Crippen molar-refractivity contribution in [3.05, 3.63) is 16.4 Å². The highest BCUT2D eigenvalue weighted by Gasteiger charge is 2.27. The second-order valence-electron chi connectivity index (χ2n) is 2.74. The van der Waals surface area contributed by atoms with Gasteiger partial charge in [-0.2, -0.15) is 18.3 Å². The summed E-state index contributed by atoms with van der Waals surface area (Å²) in [5, 5.41) is 12.1. The van der Waals surface area contributed by atoms with E-state index in [4.69, 9.17) is 5.11 Å². The van der Waals surface area contributed by atoms with Crippen LogP contribution in [0.1, 0.15) is 16.8 Å². The zero-order valence-electron chi connectivity index (χ0n) is 7.25. The fraction of sp³-hybridized carbons (Fsp3) is 0.429. The number of rotatable bonds is 3. The Morgan fingerprint density at radius 2 is 2.20 bits per heavy atom. The third-order valence-electron chi connectivity index (χ3n) is 1.61. The van der Waals surface area contributed by atoms with Crippen LogP contribution in [-0.2, 0) is 6.54 Å². The van der Waals surface area contributed by atoms with Crippen LogP contribution in [0.15, 0.2) is 10.8 Å². The first-order valence-corrected chi connectivity index (χ1v) is 4.62. The normalized spacial score (nSPS) is 11.7. The number of carbonyl (C=O) groups is 1. The Morgan fingerprint density at radius 1 is 1.60 bits per heavy atom. The first-order chi connectivity index (χ1) is 6.81. The topological polar surface area (TPSA) is 55.1 Å². The van der Waals surface area contributed by atoms with E-state index in [1.54, 1.807) is 0 Å². The van der Waals surface area contributed by atoms with Crippen molar-refractivity contribution in [1.82, 2.24) is 9.78 Å². The maximum absolute atomic E-state index is 11.9. The van der Waals surface area contributed by atoms with Gasteiger partial charge in [-0.3, -0.25) is 4.68 Å². The van der Waals surface area contributed by atoms with E-state index in [-0.39, 0.29) is 10.2 Å². The molecule has 0 aliphatic carbocycles. The molecule has 0 aromatic carbocycles. The molecule has 1 aromatic heterocycles. The summed E-state index contributed by atoms with van der Waals surface area (Å²) in [6, 6.07) is 0. The number of aromatic nitrogens is 2. The van der Waals surface area contributed by atoms with E-state index in [1.165, 1.54) is 0 Å². The van der Waals surface area contributed by atoms with E-state index in [1.807, 2.05) is 0 Å². The summed E-state index contributed by atoms with van der Waals surface area (Å²) in [7, 11) is 0. The van der Waals surface area contributed by atoms with Gasteiger partial charge in [-0.25, -0.2) is 4.79 Å². The van der Waals surface area contributed by atoms with Gasteiger partial charge in [-0.1, -0.05) is 0 Å². The summed E-state index contributed by atoms with van der Waals surface area (Å²) in [6.07, 6.45) is -4.33. The summed E-state index contributed by atoms with van der Waals surface area (Å²) in [6.45, 7) is -0.405. The number of nitrogens with zero attached hydrogens (tertiary/aromatic N) is 2. The van der Waals surface area contributed by atoms with Gasteiger partial charge in [0.15, 0.2) is 0 Å². The van der Waals surface area contributed by atoms with Crippen molar-refractivity contribution in [2.24, 2.45) is 0 Å². The monoisotopic (exact) mass is 286 g/mol. The van der Waals surface area contributed by atoms with Crippen molar-refractivity contribution < 1.29 is 23.1 Å². The third kappa shape index (κ3) is 3.22. The molecule has 0 atom stereocenters. The summed E-state index contributed by atoms with van der Waals surface area (Å²) >= 11 is 2.87. The van der Waals surface area contributed by atoms with Gasteiger partial charge < -0.3 is 5.11 Å². The van der Waals surface area contributed by atoms with Crippen molar-refractivity contribution in [2.75, 3.05) is 0 Å². The zero-order valence-corrected chi connectivity index (χ0v) is 8.84. The Labute approximate surface area is 90.8 Å². The van der Waals surface area contributed by atoms with Gasteiger partial charge >= 0.3 is 12.1 Å². The van der Waals surface area contributed by atoms with Crippen LogP contribution in [0.3, 0.4) is 0 Å². The predicted octanol–water partition coefficient (Wildman–Crippen LogP) is 2.30. The highest BCUT2D eigenvalue weighted by atomic mass is 79.9. The molecule has 15 heavy (non-hydrogen) atoms. The second kappa shape index (κ2) is 4.21. The fourth-order valence-electron chi connectivity index (χ4n) is 0.902. The summed E-state index contributed by atoms with van der Waals surface area (Å²) in [4.78, 5) is 10.5. The molecule has 0 amide bonds. The van der Waals surface area contributed by atoms with Crippen molar-refractivity contribution in [3.63, 3.8) is 0 Å². The predicted molar refractivity (Wildman–Crippen MR) is 47.6 cm³/mol. The number of halogens is 4. The number of carboxylic acids is 1. The van der Waals surface area contributed by atoms with Crippen LogP contribution in [0.2, 0.25) is 0 Å². The molecule has 8 heteroatoms. The summed E-state index contributed by atoms with van der Waals surface area (Å²) < 4.78 is 36.6. The van der Waals surface area contributed by atoms with Gasteiger partial charge in [0, 0.05) is 0 Å². The summed E-state index contributed by atoms with van der Waals surface area (Å²) in [5.74, 6) is -1.24. The molecule has 0 fully saturated rings. The van der Waals surface area contributed by atoms with Crippen molar-refractivity contribution in [2.45, 2.75) is 19.1 Å². The molecule has 0 spiro atoms. The maximum Gasteiger partial charge on any atom is 0.390 e. The van der Waals surface area contributed by atoms with Gasteiger partial charge in [-0.05, 0) is 15.9 Å². The molecule has 1 N–H and O–H groups in total. The molecule has 0 saturated heterocycles. The quantitative estimate of drug-likeness (QED) is 0.928. The molecule has 0 aliphatic rings. The molecule has 4 nitrogen and oxygen atoms in total. The molecule has 0 unspecified atom stereocenters. The minimum absolute atomic E-state index is 0.0410. The Hall–Kier alpha value is -1.05. The van der Waals surface area contributed by atoms with E-state index < -0.39 is 25.1 Å². The van der Waals surface area contributed by atoms with E-state index >= 15 is 0 Å². The van der Waals surface area contributed by atoms with Crippen molar-refractivity contribution in [3.8, 4) is 0 Å². The van der Waals surface area contributed by atoms with Gasteiger partial charge in [0.25, 0.3) is 0 Å². The number of aromatic carboxylic acids is 1. The number of aryl methyl sites for hydroxylation is 1. The smallest absolute Gasteiger partial charge is 0.390 e. The zero-order chi connectivity index (χ0) is 11.6. The number of hydrogen-bond donors (Lipinski definition) is 1. The Balaban J connectivity index is 2.75. The highest BCUT2D eigenvalue weighted by molar-refractivity contribution is 9.10. The third-order valence-corrected chi connectivity index (χ3v) is 2.45. The molecule has 0 saturated carbocycles. The van der Waals surface area contributed by atoms with Gasteiger partial charge in [-0.15, -0.1) is 0 Å². The van der Waals surface area contributed by atoms with Gasteiger partial charge in [0.1, 0.15) is 10.2 Å². The van der Waals surface area contributed by atoms with Crippen LogP contribution in [0.4, 0.5) is 13.2 Å². The number of alkyl halides is 3. The molecular weight excluding hydrogens is 281 g/mol. The van der Waals surface area contributed by atoms with Crippen LogP contribution in [0.5, 0.6) is 0 Å². The van der Waals surface area contributed by atoms with Crippen molar-refractivity contribution in [1.29, 1.82) is 0 Å². The molecule has 84 valence electrons. The van der Waals surface area contributed by atoms with Gasteiger partial charge in [0.2, 0.25) is 0 Å². The maximum atomic E-state index is 11.9. The average molecular weight is 287 g/mol. The average Bonchev–Trinajstić information content (AvgIpc) is 2.42. The minimum Gasteiger partial charge on any atom is -0.478 e. The van der Waals surface area contributed by atoms with Crippen molar-refractivity contribution >= 4 is 21.9 Å². The van der Waals surface area contributed by atoms with Crippen LogP contribution < -0.4 is 0 Å². The highest BCUT2D eigenvalue weighted by Crippen LogP contribution is 2.22. The molecule has 1 heterocycles. The number of carboxylic acid groups (broad SMARTS) is 1. The first kappa shape index (κ1) is 12.0. The fourth-order valence-corrected chi connectivity index (χ4v) is 1.44. The van der Waals surface area contributed by atoms with E-state index in [2.05, 4.69) is 21.0 Å². The lowest BCUT2D eigenvalue weighted by Crippen LogP contribution is -2.13. The minimum atomic E-state index is -4.28. The molecule has 0 radical (unpaired) electrons. The Kier molecular flexibility index (Phi) is 3.38. The molecular formula is C7H6BrF3N2O2. The Bertz CT molecular complexity index is 375. The van der Waals surface area contributed by atoms with Crippen LogP contribution in [-0.4, -0.2) is 27.0 Å². The van der Waals surface area contributed by atoms with E-state index in [9.17, 15) is 18.0 Å². The molecule has 0 aliphatic heterocycles.